The van der Waals surface area contributed by atoms with Gasteiger partial charge in [-0.1, -0.05) is 39.8 Å². The minimum absolute atomic E-state index is 0.427. The highest BCUT2D eigenvalue weighted by Crippen LogP contribution is 2.27. The summed E-state index contributed by atoms with van der Waals surface area (Å²) in [7, 11) is -3.34. The molecule has 3 unspecified atom stereocenters. The van der Waals surface area contributed by atoms with Crippen molar-refractivity contribution in [1.29, 1.82) is 0 Å². The lowest BCUT2D eigenvalue weighted by atomic mass is 9.94. The molecule has 118 valence electrons. The third-order valence-electron chi connectivity index (χ3n) is 4.53. The minimum atomic E-state index is -3.34. The SMILES string of the molecule is CCC(C)c1ccc(S(=O)(=O)N2CC(C)CC(C)C2)cc1. The van der Waals surface area contributed by atoms with Gasteiger partial charge in [-0.15, -0.1) is 0 Å². The van der Waals surface area contributed by atoms with Gasteiger partial charge in [0, 0.05) is 13.1 Å². The highest BCUT2D eigenvalue weighted by atomic mass is 32.2. The molecule has 0 aromatic heterocycles. The second-order valence-electron chi connectivity index (χ2n) is 6.65. The fraction of sp³-hybridized carbons (Fsp3) is 0.647. The van der Waals surface area contributed by atoms with Crippen molar-refractivity contribution in [3.8, 4) is 0 Å². The summed E-state index contributed by atoms with van der Waals surface area (Å²) >= 11 is 0. The van der Waals surface area contributed by atoms with Gasteiger partial charge in [0.1, 0.15) is 0 Å². The Morgan fingerprint density at radius 2 is 1.67 bits per heavy atom. The number of piperidine rings is 1. The third-order valence-corrected chi connectivity index (χ3v) is 6.38. The Morgan fingerprint density at radius 1 is 1.14 bits per heavy atom. The van der Waals surface area contributed by atoms with E-state index in [0.29, 0.717) is 35.7 Å². The summed E-state index contributed by atoms with van der Waals surface area (Å²) in [6.07, 6.45) is 2.17. The van der Waals surface area contributed by atoms with Crippen molar-refractivity contribution >= 4 is 10.0 Å². The van der Waals surface area contributed by atoms with E-state index in [2.05, 4.69) is 27.7 Å². The lowest BCUT2D eigenvalue weighted by molar-refractivity contribution is 0.222. The van der Waals surface area contributed by atoms with Crippen LogP contribution in [0.15, 0.2) is 29.2 Å². The first-order valence-corrected chi connectivity index (χ1v) is 9.38. The van der Waals surface area contributed by atoms with Gasteiger partial charge in [-0.3, -0.25) is 0 Å². The van der Waals surface area contributed by atoms with Gasteiger partial charge in [0.05, 0.1) is 4.90 Å². The predicted molar refractivity (Wildman–Crippen MR) is 86.9 cm³/mol. The first kappa shape index (κ1) is 16.5. The van der Waals surface area contributed by atoms with Crippen molar-refractivity contribution in [3.05, 3.63) is 29.8 Å². The van der Waals surface area contributed by atoms with Crippen molar-refractivity contribution in [2.24, 2.45) is 11.8 Å². The molecule has 1 aromatic carbocycles. The Morgan fingerprint density at radius 3 is 2.14 bits per heavy atom. The Kier molecular flexibility index (Phi) is 5.10. The molecule has 0 saturated carbocycles. The van der Waals surface area contributed by atoms with E-state index in [-0.39, 0.29) is 0 Å². The standard InChI is InChI=1S/C17H27NO2S/c1-5-15(4)16-6-8-17(9-7-16)21(19,20)18-11-13(2)10-14(3)12-18/h6-9,13-15H,5,10-12H2,1-4H3. The fourth-order valence-corrected chi connectivity index (χ4v) is 4.83. The van der Waals surface area contributed by atoms with Crippen LogP contribution in [-0.4, -0.2) is 25.8 Å². The average molecular weight is 309 g/mol. The monoisotopic (exact) mass is 309 g/mol. The van der Waals surface area contributed by atoms with Crippen LogP contribution in [-0.2, 0) is 10.0 Å². The number of hydrogen-bond acceptors (Lipinski definition) is 2. The summed E-state index contributed by atoms with van der Waals surface area (Å²) in [6, 6.07) is 7.44. The van der Waals surface area contributed by atoms with Gasteiger partial charge in [0.2, 0.25) is 10.0 Å². The summed E-state index contributed by atoms with van der Waals surface area (Å²) in [4.78, 5) is 0.427. The summed E-state index contributed by atoms with van der Waals surface area (Å²) in [6.45, 7) is 9.84. The maximum Gasteiger partial charge on any atom is 0.243 e. The first-order chi connectivity index (χ1) is 9.84. The van der Waals surface area contributed by atoms with Crippen molar-refractivity contribution < 1.29 is 8.42 Å². The molecule has 0 amide bonds. The zero-order chi connectivity index (χ0) is 15.6. The molecule has 4 heteroatoms. The first-order valence-electron chi connectivity index (χ1n) is 7.94. The molecule has 1 heterocycles. The number of nitrogens with zero attached hydrogens (tertiary/aromatic N) is 1. The molecule has 0 bridgehead atoms. The van der Waals surface area contributed by atoms with E-state index < -0.39 is 10.0 Å². The number of sulfonamides is 1. The molecule has 3 nitrogen and oxygen atoms in total. The maximum absolute atomic E-state index is 12.8. The minimum Gasteiger partial charge on any atom is -0.207 e. The number of benzene rings is 1. The van der Waals surface area contributed by atoms with E-state index in [0.717, 1.165) is 12.8 Å². The summed E-state index contributed by atoms with van der Waals surface area (Å²) in [5.74, 6) is 1.34. The van der Waals surface area contributed by atoms with E-state index in [1.165, 1.54) is 5.56 Å². The summed E-state index contributed by atoms with van der Waals surface area (Å²) in [5.41, 5.74) is 1.21. The Hall–Kier alpha value is -0.870. The van der Waals surface area contributed by atoms with Crippen molar-refractivity contribution in [2.75, 3.05) is 13.1 Å². The molecule has 2 rings (SSSR count). The lowest BCUT2D eigenvalue weighted by Crippen LogP contribution is -2.42. The molecule has 3 atom stereocenters. The Balaban J connectivity index is 2.23. The normalized spacial score (nSPS) is 25.7. The molecule has 0 spiro atoms. The van der Waals surface area contributed by atoms with Crippen LogP contribution in [0.4, 0.5) is 0 Å². The van der Waals surface area contributed by atoms with Crippen LogP contribution in [0.1, 0.15) is 52.0 Å². The topological polar surface area (TPSA) is 37.4 Å². The Labute approximate surface area is 129 Å². The van der Waals surface area contributed by atoms with Crippen LogP contribution < -0.4 is 0 Å². The molecular weight excluding hydrogens is 282 g/mol. The second-order valence-corrected chi connectivity index (χ2v) is 8.58. The van der Waals surface area contributed by atoms with Gasteiger partial charge in [0.25, 0.3) is 0 Å². The van der Waals surface area contributed by atoms with Crippen molar-refractivity contribution in [3.63, 3.8) is 0 Å². The molecule has 21 heavy (non-hydrogen) atoms. The molecule has 1 fully saturated rings. The molecule has 1 aromatic rings. The fourth-order valence-electron chi connectivity index (χ4n) is 3.16. The van der Waals surface area contributed by atoms with E-state index in [1.54, 1.807) is 16.4 Å². The number of hydrogen-bond donors (Lipinski definition) is 0. The molecule has 0 aliphatic carbocycles. The zero-order valence-electron chi connectivity index (χ0n) is 13.5. The molecule has 0 radical (unpaired) electrons. The van der Waals surface area contributed by atoms with Gasteiger partial charge in [-0.05, 0) is 48.3 Å². The molecule has 1 aliphatic rings. The van der Waals surface area contributed by atoms with Crippen molar-refractivity contribution in [2.45, 2.75) is 51.3 Å². The van der Waals surface area contributed by atoms with E-state index >= 15 is 0 Å². The quantitative estimate of drug-likeness (QED) is 0.846. The molecule has 1 aliphatic heterocycles. The molecular formula is C17H27NO2S. The number of rotatable bonds is 4. The summed E-state index contributed by atoms with van der Waals surface area (Å²) < 4.78 is 27.2. The van der Waals surface area contributed by atoms with Gasteiger partial charge < -0.3 is 0 Å². The second kappa shape index (κ2) is 6.49. The van der Waals surface area contributed by atoms with E-state index in [9.17, 15) is 8.42 Å². The van der Waals surface area contributed by atoms with Crippen LogP contribution in [0.2, 0.25) is 0 Å². The largest absolute Gasteiger partial charge is 0.243 e. The van der Waals surface area contributed by atoms with Crippen molar-refractivity contribution in [1.82, 2.24) is 4.31 Å². The molecule has 0 N–H and O–H groups in total. The van der Waals surface area contributed by atoms with Gasteiger partial charge >= 0.3 is 0 Å². The lowest BCUT2D eigenvalue weighted by Gasteiger charge is -2.34. The van der Waals surface area contributed by atoms with E-state index in [1.807, 2.05) is 12.1 Å². The maximum atomic E-state index is 12.8. The average Bonchev–Trinajstić information content (AvgIpc) is 2.45. The Bertz CT molecular complexity index is 555. The highest BCUT2D eigenvalue weighted by molar-refractivity contribution is 7.89. The van der Waals surface area contributed by atoms with Crippen LogP contribution in [0.25, 0.3) is 0 Å². The summed E-state index contributed by atoms with van der Waals surface area (Å²) in [5, 5.41) is 0. The zero-order valence-corrected chi connectivity index (χ0v) is 14.4. The van der Waals surface area contributed by atoms with Crippen LogP contribution in [0.5, 0.6) is 0 Å². The third kappa shape index (κ3) is 3.67. The van der Waals surface area contributed by atoms with Crippen LogP contribution >= 0.6 is 0 Å². The van der Waals surface area contributed by atoms with Crippen LogP contribution in [0.3, 0.4) is 0 Å². The smallest absolute Gasteiger partial charge is 0.207 e. The molecule has 1 saturated heterocycles. The van der Waals surface area contributed by atoms with Gasteiger partial charge in [0.15, 0.2) is 0 Å². The predicted octanol–water partition coefficient (Wildman–Crippen LogP) is 3.87. The van der Waals surface area contributed by atoms with Crippen LogP contribution in [0, 0.1) is 11.8 Å². The van der Waals surface area contributed by atoms with Gasteiger partial charge in [-0.2, -0.15) is 4.31 Å². The highest BCUT2D eigenvalue weighted by Gasteiger charge is 2.31. The van der Waals surface area contributed by atoms with Gasteiger partial charge in [-0.25, -0.2) is 8.42 Å². The van der Waals surface area contributed by atoms with E-state index in [4.69, 9.17) is 0 Å².